The van der Waals surface area contributed by atoms with Crippen LogP contribution in [-0.2, 0) is 6.54 Å². The lowest BCUT2D eigenvalue weighted by Gasteiger charge is -2.20. The van der Waals surface area contributed by atoms with E-state index in [1.54, 1.807) is 12.3 Å². The summed E-state index contributed by atoms with van der Waals surface area (Å²) in [4.78, 5) is 13.9. The lowest BCUT2D eigenvalue weighted by atomic mass is 10.4. The number of likely N-dealkylation sites (N-methyl/N-ethyl adjacent to an activating group) is 2. The number of hydrogen-bond donors (Lipinski definition) is 1. The summed E-state index contributed by atoms with van der Waals surface area (Å²) in [5.41, 5.74) is 0.657. The minimum Gasteiger partial charge on any atom is -0.371 e. The first-order chi connectivity index (χ1) is 8.11. The average molecular weight is 301 g/mol. The Kier molecular flexibility index (Phi) is 5.37. The van der Waals surface area contributed by atoms with Gasteiger partial charge < -0.3 is 10.2 Å². The van der Waals surface area contributed by atoms with Gasteiger partial charge in [0.1, 0.15) is 4.47 Å². The number of hydrogen-bond acceptors (Lipinski definition) is 4. The highest BCUT2D eigenvalue weighted by molar-refractivity contribution is 9.10. The van der Waals surface area contributed by atoms with Crippen molar-refractivity contribution in [3.8, 4) is 0 Å². The fourth-order valence-corrected chi connectivity index (χ4v) is 1.98. The van der Waals surface area contributed by atoms with Gasteiger partial charge >= 0.3 is 0 Å². The van der Waals surface area contributed by atoms with Crippen molar-refractivity contribution < 1.29 is 0 Å². The first-order valence-electron chi connectivity index (χ1n) is 5.34. The number of nitrogens with one attached hydrogen (secondary N) is 1. The Balaban J connectivity index is 2.99. The normalized spacial score (nSPS) is 10.3. The number of anilines is 1. The molecule has 0 atom stereocenters. The predicted molar refractivity (Wildman–Crippen MR) is 73.6 cm³/mol. The smallest absolute Gasteiger partial charge is 0.283 e. The van der Waals surface area contributed by atoms with Crippen LogP contribution in [0.2, 0.25) is 0 Å². The number of nitrogens with zero attached hydrogens (tertiary/aromatic N) is 3. The van der Waals surface area contributed by atoms with E-state index in [1.807, 2.05) is 19.0 Å². The Morgan fingerprint density at radius 2 is 2.41 bits per heavy atom. The van der Waals surface area contributed by atoms with E-state index < -0.39 is 0 Å². The third-order valence-electron chi connectivity index (χ3n) is 2.38. The largest absolute Gasteiger partial charge is 0.371 e. The van der Waals surface area contributed by atoms with Crippen molar-refractivity contribution in [1.29, 1.82) is 0 Å². The Bertz CT molecular complexity index is 444. The van der Waals surface area contributed by atoms with Gasteiger partial charge in [-0.2, -0.15) is 5.10 Å². The van der Waals surface area contributed by atoms with E-state index >= 15 is 0 Å². The van der Waals surface area contributed by atoms with Gasteiger partial charge in [0.15, 0.2) is 0 Å². The van der Waals surface area contributed by atoms with Crippen LogP contribution in [0.5, 0.6) is 0 Å². The second-order valence-electron chi connectivity index (χ2n) is 3.64. The van der Waals surface area contributed by atoms with Crippen LogP contribution >= 0.6 is 15.9 Å². The van der Waals surface area contributed by atoms with E-state index in [0.29, 0.717) is 11.0 Å². The third-order valence-corrected chi connectivity index (χ3v) is 3.12. The van der Waals surface area contributed by atoms with Gasteiger partial charge in [0.05, 0.1) is 18.4 Å². The quantitative estimate of drug-likeness (QED) is 0.791. The molecule has 0 fully saturated rings. The van der Waals surface area contributed by atoms with Crippen molar-refractivity contribution >= 4 is 21.6 Å². The summed E-state index contributed by atoms with van der Waals surface area (Å²) in [6.45, 7) is 5.66. The minimum atomic E-state index is -0.140. The van der Waals surface area contributed by atoms with Crippen molar-refractivity contribution in [2.75, 3.05) is 32.1 Å². The van der Waals surface area contributed by atoms with Crippen LogP contribution in [0, 0.1) is 0 Å². The van der Waals surface area contributed by atoms with Gasteiger partial charge in [-0.3, -0.25) is 4.79 Å². The van der Waals surface area contributed by atoms with Crippen molar-refractivity contribution in [2.24, 2.45) is 0 Å². The number of aromatic nitrogens is 2. The molecule has 17 heavy (non-hydrogen) atoms. The van der Waals surface area contributed by atoms with Crippen LogP contribution in [-0.4, -0.2) is 37.0 Å². The maximum atomic E-state index is 11.9. The molecule has 0 aliphatic heterocycles. The maximum absolute atomic E-state index is 11.9. The molecule has 0 aromatic carbocycles. The second kappa shape index (κ2) is 6.56. The molecule has 94 valence electrons. The summed E-state index contributed by atoms with van der Waals surface area (Å²) in [6, 6.07) is 0. The zero-order valence-corrected chi connectivity index (χ0v) is 11.7. The summed E-state index contributed by atoms with van der Waals surface area (Å²) >= 11 is 3.32. The predicted octanol–water partition coefficient (Wildman–Crippen LogP) is 0.847. The van der Waals surface area contributed by atoms with Gasteiger partial charge in [-0.1, -0.05) is 6.08 Å². The van der Waals surface area contributed by atoms with Crippen LogP contribution in [0.4, 0.5) is 5.69 Å². The Labute approximate surface area is 109 Å². The summed E-state index contributed by atoms with van der Waals surface area (Å²) in [5.74, 6) is 0. The van der Waals surface area contributed by atoms with Crippen LogP contribution in [0.15, 0.2) is 28.1 Å². The van der Waals surface area contributed by atoms with E-state index in [0.717, 1.165) is 18.8 Å². The first kappa shape index (κ1) is 13.9. The highest BCUT2D eigenvalue weighted by atomic mass is 79.9. The molecule has 1 rings (SSSR count). The van der Waals surface area contributed by atoms with E-state index in [9.17, 15) is 4.79 Å². The molecule has 0 saturated heterocycles. The summed E-state index contributed by atoms with van der Waals surface area (Å²) in [6.07, 6.45) is 3.33. The van der Waals surface area contributed by atoms with Crippen LogP contribution in [0.3, 0.4) is 0 Å². The zero-order chi connectivity index (χ0) is 12.8. The summed E-state index contributed by atoms with van der Waals surface area (Å²) in [7, 11) is 3.82. The third kappa shape index (κ3) is 3.41. The van der Waals surface area contributed by atoms with Crippen molar-refractivity contribution in [3.63, 3.8) is 0 Å². The fraction of sp³-hybridized carbons (Fsp3) is 0.455. The van der Waals surface area contributed by atoms with E-state index in [2.05, 4.69) is 32.9 Å². The molecule has 0 radical (unpaired) electrons. The monoisotopic (exact) mass is 300 g/mol. The Morgan fingerprint density at radius 1 is 1.71 bits per heavy atom. The molecule has 5 nitrogen and oxygen atoms in total. The number of rotatable bonds is 6. The van der Waals surface area contributed by atoms with Crippen LogP contribution in [0.1, 0.15) is 0 Å². The molecule has 1 N–H and O–H groups in total. The SMILES string of the molecule is C=CCn1ncc(N(C)CCNC)c(Br)c1=O. The summed E-state index contributed by atoms with van der Waals surface area (Å²) in [5, 5.41) is 7.16. The zero-order valence-electron chi connectivity index (χ0n) is 10.1. The van der Waals surface area contributed by atoms with Crippen molar-refractivity contribution in [2.45, 2.75) is 6.54 Å². The van der Waals surface area contributed by atoms with Gasteiger partial charge in [-0.05, 0) is 23.0 Å². The van der Waals surface area contributed by atoms with Gasteiger partial charge in [0, 0.05) is 20.1 Å². The summed E-state index contributed by atoms with van der Waals surface area (Å²) < 4.78 is 1.90. The Morgan fingerprint density at radius 3 is 3.00 bits per heavy atom. The molecule has 1 aromatic heterocycles. The van der Waals surface area contributed by atoms with E-state index in [-0.39, 0.29) is 5.56 Å². The van der Waals surface area contributed by atoms with E-state index in [4.69, 9.17) is 0 Å². The lowest BCUT2D eigenvalue weighted by molar-refractivity contribution is 0.644. The van der Waals surface area contributed by atoms with Crippen molar-refractivity contribution in [3.05, 3.63) is 33.7 Å². The molecule has 0 aliphatic rings. The highest BCUT2D eigenvalue weighted by Crippen LogP contribution is 2.19. The molecule has 0 amide bonds. The lowest BCUT2D eigenvalue weighted by Crippen LogP contribution is -2.31. The standard InChI is InChI=1S/C11H17BrN4O/c1-4-6-16-11(17)10(12)9(8-14-16)15(3)7-5-13-2/h4,8,13H,1,5-7H2,2-3H3. The minimum absolute atomic E-state index is 0.140. The van der Waals surface area contributed by atoms with Gasteiger partial charge in [-0.25, -0.2) is 4.68 Å². The average Bonchev–Trinajstić information content (AvgIpc) is 2.32. The molecule has 1 aromatic rings. The molecule has 6 heteroatoms. The van der Waals surface area contributed by atoms with Gasteiger partial charge in [0.2, 0.25) is 0 Å². The van der Waals surface area contributed by atoms with Crippen molar-refractivity contribution in [1.82, 2.24) is 15.1 Å². The van der Waals surface area contributed by atoms with Crippen LogP contribution < -0.4 is 15.8 Å². The van der Waals surface area contributed by atoms with Crippen LogP contribution in [0.25, 0.3) is 0 Å². The van der Waals surface area contributed by atoms with Gasteiger partial charge in [0.25, 0.3) is 5.56 Å². The second-order valence-corrected chi connectivity index (χ2v) is 4.44. The van der Waals surface area contributed by atoms with E-state index in [1.165, 1.54) is 4.68 Å². The molecular formula is C11H17BrN4O. The first-order valence-corrected chi connectivity index (χ1v) is 6.13. The molecule has 0 spiro atoms. The molecule has 0 unspecified atom stereocenters. The Hall–Kier alpha value is -1.14. The maximum Gasteiger partial charge on any atom is 0.283 e. The molecule has 0 aliphatic carbocycles. The number of allylic oxidation sites excluding steroid dienone is 1. The molecule has 0 saturated carbocycles. The highest BCUT2D eigenvalue weighted by Gasteiger charge is 2.11. The van der Waals surface area contributed by atoms with Gasteiger partial charge in [-0.15, -0.1) is 6.58 Å². The number of halogens is 1. The molecule has 1 heterocycles. The topological polar surface area (TPSA) is 50.2 Å². The molecule has 0 bridgehead atoms. The molecular weight excluding hydrogens is 284 g/mol. The fourth-order valence-electron chi connectivity index (χ4n) is 1.37.